The number of carbonyl (C=O) groups is 2. The van der Waals surface area contributed by atoms with Gasteiger partial charge in [0, 0.05) is 12.7 Å². The van der Waals surface area contributed by atoms with Gasteiger partial charge in [-0.15, -0.1) is 0 Å². The zero-order valence-corrected chi connectivity index (χ0v) is 15.3. The van der Waals surface area contributed by atoms with Gasteiger partial charge in [-0.1, -0.05) is 18.2 Å². The Hall–Kier alpha value is -3.49. The number of nitrogens with one attached hydrogen (secondary N) is 1. The molecule has 0 saturated carbocycles. The molecule has 2 aliphatic rings. The summed E-state index contributed by atoms with van der Waals surface area (Å²) in [6, 6.07) is 9.89. The number of nitrogens with two attached hydrogens (primary N) is 1. The quantitative estimate of drug-likeness (QED) is 0.757. The molecule has 0 bridgehead atoms. The number of nitrogens with zero attached hydrogens (tertiary/aromatic N) is 2. The smallest absolute Gasteiger partial charge is 0.399 e. The fraction of sp³-hybridized carbons (Fsp3) is 0.200. The molecule has 4 rings (SSSR count). The average molecular weight is 402 g/mol. The van der Waals surface area contributed by atoms with Gasteiger partial charge >= 0.3 is 12.2 Å². The summed E-state index contributed by atoms with van der Waals surface area (Å²) in [7, 11) is 1.58. The second kappa shape index (κ2) is 6.54. The summed E-state index contributed by atoms with van der Waals surface area (Å²) in [5.41, 5.74) is 6.77. The molecule has 1 atom stereocenters. The van der Waals surface area contributed by atoms with Crippen LogP contribution < -0.4 is 16.0 Å². The maximum atomic E-state index is 13.1. The fourth-order valence-electron chi connectivity index (χ4n) is 3.61. The monoisotopic (exact) mass is 402 g/mol. The third-order valence-corrected chi connectivity index (χ3v) is 5.01. The highest BCUT2D eigenvalue weighted by Gasteiger charge is 2.44. The van der Waals surface area contributed by atoms with Crippen molar-refractivity contribution in [2.45, 2.75) is 12.2 Å². The summed E-state index contributed by atoms with van der Waals surface area (Å²) in [6.45, 7) is 0.114. The second-order valence-corrected chi connectivity index (χ2v) is 6.95. The number of halogens is 3. The molecule has 0 aromatic heterocycles. The molecule has 0 saturated heterocycles. The number of alkyl halides is 3. The summed E-state index contributed by atoms with van der Waals surface area (Å²) in [5.74, 6) is -0.293. The molecule has 3 amide bonds. The highest BCUT2D eigenvalue weighted by molar-refractivity contribution is 6.07. The van der Waals surface area contributed by atoms with Crippen LogP contribution in [-0.4, -0.2) is 30.4 Å². The van der Waals surface area contributed by atoms with Crippen LogP contribution in [0.15, 0.2) is 59.8 Å². The number of urea groups is 1. The van der Waals surface area contributed by atoms with Gasteiger partial charge in [-0.05, 0) is 35.9 Å². The van der Waals surface area contributed by atoms with E-state index in [0.717, 1.165) is 17.0 Å². The topological polar surface area (TPSA) is 78.7 Å². The van der Waals surface area contributed by atoms with Crippen molar-refractivity contribution >= 4 is 23.3 Å². The molecule has 2 aliphatic heterocycles. The van der Waals surface area contributed by atoms with Gasteiger partial charge in [-0.25, -0.2) is 4.79 Å². The zero-order chi connectivity index (χ0) is 20.9. The molecule has 2 aromatic carbocycles. The predicted molar refractivity (Wildman–Crippen MR) is 101 cm³/mol. The molecule has 0 fully saturated rings. The molecule has 9 heteroatoms. The van der Waals surface area contributed by atoms with Gasteiger partial charge in [0.15, 0.2) is 0 Å². The van der Waals surface area contributed by atoms with Gasteiger partial charge in [0.2, 0.25) is 0 Å². The van der Waals surface area contributed by atoms with E-state index in [1.807, 2.05) is 0 Å². The summed E-state index contributed by atoms with van der Waals surface area (Å²) in [5, 5.41) is 2.74. The van der Waals surface area contributed by atoms with E-state index < -0.39 is 23.8 Å². The molecule has 0 spiro atoms. The van der Waals surface area contributed by atoms with Crippen LogP contribution in [0, 0.1) is 0 Å². The molecule has 0 radical (unpaired) electrons. The number of hydrogen-bond donors (Lipinski definition) is 2. The lowest BCUT2D eigenvalue weighted by molar-refractivity contribution is -0.137. The summed E-state index contributed by atoms with van der Waals surface area (Å²) in [4.78, 5) is 28.3. The Kier molecular flexibility index (Phi) is 4.25. The van der Waals surface area contributed by atoms with E-state index >= 15 is 0 Å². The maximum absolute atomic E-state index is 13.1. The third-order valence-electron chi connectivity index (χ3n) is 5.01. The summed E-state index contributed by atoms with van der Waals surface area (Å²) >= 11 is 0. The number of amides is 3. The first-order chi connectivity index (χ1) is 13.7. The lowest BCUT2D eigenvalue weighted by Gasteiger charge is -2.34. The summed E-state index contributed by atoms with van der Waals surface area (Å²) in [6.07, 6.45) is -4.55. The molecule has 3 N–H and O–H groups in total. The van der Waals surface area contributed by atoms with Crippen molar-refractivity contribution in [1.82, 2.24) is 10.2 Å². The average Bonchev–Trinajstić information content (AvgIpc) is 2.96. The first-order valence-corrected chi connectivity index (χ1v) is 8.78. The van der Waals surface area contributed by atoms with Crippen LogP contribution in [-0.2, 0) is 11.0 Å². The molecule has 29 heavy (non-hydrogen) atoms. The summed E-state index contributed by atoms with van der Waals surface area (Å²) < 4.78 is 39.4. The van der Waals surface area contributed by atoms with Crippen molar-refractivity contribution in [2.75, 3.05) is 24.2 Å². The first kappa shape index (κ1) is 18.9. The Morgan fingerprint density at radius 2 is 1.79 bits per heavy atom. The highest BCUT2D eigenvalue weighted by atomic mass is 19.4. The van der Waals surface area contributed by atoms with Crippen molar-refractivity contribution in [3.63, 3.8) is 0 Å². The molecule has 0 unspecified atom stereocenters. The number of hydrogen-bond acceptors (Lipinski definition) is 3. The van der Waals surface area contributed by atoms with Crippen molar-refractivity contribution in [2.24, 2.45) is 0 Å². The van der Waals surface area contributed by atoms with E-state index in [0.29, 0.717) is 22.5 Å². The number of carbonyl (C=O) groups excluding carboxylic acids is 2. The molecule has 2 aromatic rings. The molecule has 6 nitrogen and oxygen atoms in total. The van der Waals surface area contributed by atoms with E-state index in [-0.39, 0.29) is 18.1 Å². The Labute approximate surface area is 164 Å². The van der Waals surface area contributed by atoms with Crippen molar-refractivity contribution in [3.05, 3.63) is 70.9 Å². The van der Waals surface area contributed by atoms with Crippen LogP contribution in [0.1, 0.15) is 17.2 Å². The molecule has 150 valence electrons. The minimum atomic E-state index is -4.55. The van der Waals surface area contributed by atoms with Gasteiger partial charge < -0.3 is 16.0 Å². The Balaban J connectivity index is 1.83. The maximum Gasteiger partial charge on any atom is 0.416 e. The number of rotatable bonds is 2. The minimum absolute atomic E-state index is 0.0451. The van der Waals surface area contributed by atoms with Crippen molar-refractivity contribution in [1.29, 1.82) is 0 Å². The van der Waals surface area contributed by atoms with Gasteiger partial charge in [-0.2, -0.15) is 13.2 Å². The van der Waals surface area contributed by atoms with Crippen molar-refractivity contribution in [3.8, 4) is 0 Å². The first-order valence-electron chi connectivity index (χ1n) is 8.78. The number of benzene rings is 2. The largest absolute Gasteiger partial charge is 0.416 e. The predicted octanol–water partition coefficient (Wildman–Crippen LogP) is 3.28. The Morgan fingerprint density at radius 1 is 1.10 bits per heavy atom. The normalized spacial score (nSPS) is 19.5. The van der Waals surface area contributed by atoms with E-state index in [4.69, 9.17) is 5.73 Å². The number of nitrogen functional groups attached to an aromatic ring is 1. The molecular formula is C20H17F3N4O2. The van der Waals surface area contributed by atoms with Gasteiger partial charge in [0.1, 0.15) is 0 Å². The second-order valence-electron chi connectivity index (χ2n) is 6.95. The lowest BCUT2D eigenvalue weighted by Crippen LogP contribution is -2.47. The van der Waals surface area contributed by atoms with Gasteiger partial charge in [-0.3, -0.25) is 9.69 Å². The van der Waals surface area contributed by atoms with Crippen molar-refractivity contribution < 1.29 is 22.8 Å². The minimum Gasteiger partial charge on any atom is -0.399 e. The standard InChI is InChI=1S/C20H17F3N4O2/c1-26-10-15-16(18(26)28)17(11-5-7-13(24)8-6-11)25-19(29)27(15)14-4-2-3-12(9-14)20(21,22)23/h2-9,17H,10,24H2,1H3,(H,25,29)/t17-/m1/s1. The molecule has 0 aliphatic carbocycles. The Morgan fingerprint density at radius 3 is 2.45 bits per heavy atom. The number of anilines is 2. The van der Waals surface area contributed by atoms with Gasteiger partial charge in [0.05, 0.1) is 35.1 Å². The van der Waals surface area contributed by atoms with E-state index in [1.54, 1.807) is 31.3 Å². The Bertz CT molecular complexity index is 1030. The zero-order valence-electron chi connectivity index (χ0n) is 15.3. The van der Waals surface area contributed by atoms with Crippen LogP contribution in [0.5, 0.6) is 0 Å². The van der Waals surface area contributed by atoms with Crippen LogP contribution in [0.4, 0.5) is 29.3 Å². The highest BCUT2D eigenvalue weighted by Crippen LogP contribution is 2.39. The number of likely N-dealkylation sites (N-methyl/N-ethyl adjacent to an activating group) is 1. The van der Waals surface area contributed by atoms with E-state index in [1.165, 1.54) is 17.0 Å². The van der Waals surface area contributed by atoms with Crippen LogP contribution in [0.2, 0.25) is 0 Å². The lowest BCUT2D eigenvalue weighted by atomic mass is 9.95. The third kappa shape index (κ3) is 3.18. The van der Waals surface area contributed by atoms with Crippen LogP contribution in [0.3, 0.4) is 0 Å². The van der Waals surface area contributed by atoms with Crippen LogP contribution in [0.25, 0.3) is 0 Å². The van der Waals surface area contributed by atoms with Crippen LogP contribution >= 0.6 is 0 Å². The van der Waals surface area contributed by atoms with Gasteiger partial charge in [0.25, 0.3) is 5.91 Å². The molecular weight excluding hydrogens is 385 g/mol. The fourth-order valence-corrected chi connectivity index (χ4v) is 3.61. The SMILES string of the molecule is CN1CC2=C(C1=O)[C@@H](c1ccc(N)cc1)NC(=O)N2c1cccc(C(F)(F)F)c1. The van der Waals surface area contributed by atoms with E-state index in [9.17, 15) is 22.8 Å². The van der Waals surface area contributed by atoms with E-state index in [2.05, 4.69) is 5.32 Å². The molecule has 2 heterocycles.